The summed E-state index contributed by atoms with van der Waals surface area (Å²) in [6.07, 6.45) is 5.70. The number of fused-ring (bicyclic) bond motifs is 3. The van der Waals surface area contributed by atoms with Gasteiger partial charge in [-0.2, -0.15) is 15.1 Å². The molecule has 0 radical (unpaired) electrons. The van der Waals surface area contributed by atoms with Gasteiger partial charge >= 0.3 is 0 Å². The lowest BCUT2D eigenvalue weighted by atomic mass is 10.1. The lowest BCUT2D eigenvalue weighted by Crippen LogP contribution is -2.57. The second-order valence-electron chi connectivity index (χ2n) is 9.53. The number of halogens is 1. The van der Waals surface area contributed by atoms with E-state index in [4.69, 9.17) is 10.5 Å². The van der Waals surface area contributed by atoms with Crippen molar-refractivity contribution in [1.29, 1.82) is 0 Å². The molecule has 0 amide bonds. The molecule has 1 atom stereocenters. The van der Waals surface area contributed by atoms with E-state index in [0.29, 0.717) is 31.3 Å². The third-order valence-corrected chi connectivity index (χ3v) is 7.06. The Balaban J connectivity index is 1.11. The molecule has 0 saturated carbocycles. The van der Waals surface area contributed by atoms with Crippen LogP contribution in [-0.4, -0.2) is 87.8 Å². The highest BCUT2D eigenvalue weighted by atomic mass is 19.1. The average Bonchev–Trinajstić information content (AvgIpc) is 3.21. The van der Waals surface area contributed by atoms with Gasteiger partial charge in [-0.1, -0.05) is 12.2 Å². The maximum Gasteiger partial charge on any atom is 0.224 e. The number of aliphatic hydroxyl groups is 1. The summed E-state index contributed by atoms with van der Waals surface area (Å²) in [5, 5.41) is 14.1. The van der Waals surface area contributed by atoms with Gasteiger partial charge in [0.1, 0.15) is 24.0 Å². The Morgan fingerprint density at radius 1 is 1.17 bits per heavy atom. The summed E-state index contributed by atoms with van der Waals surface area (Å²) in [5.74, 6) is 1.98. The van der Waals surface area contributed by atoms with E-state index in [1.807, 2.05) is 24.1 Å². The number of benzene rings is 1. The van der Waals surface area contributed by atoms with Gasteiger partial charge in [0.15, 0.2) is 5.82 Å². The van der Waals surface area contributed by atoms with Crippen LogP contribution in [0.15, 0.2) is 36.5 Å². The molecule has 3 aliphatic rings. The fourth-order valence-corrected chi connectivity index (χ4v) is 5.07. The van der Waals surface area contributed by atoms with Crippen molar-refractivity contribution < 1.29 is 14.2 Å². The lowest BCUT2D eigenvalue weighted by molar-refractivity contribution is 0.141. The Bertz CT molecular complexity index is 1310. The molecule has 2 saturated heterocycles. The molecular weight excluding hydrogens is 463 g/mol. The minimum Gasteiger partial charge on any atom is -0.489 e. The van der Waals surface area contributed by atoms with Crippen LogP contribution in [0.5, 0.6) is 5.75 Å². The molecule has 5 heterocycles. The van der Waals surface area contributed by atoms with Gasteiger partial charge in [0, 0.05) is 57.0 Å². The number of nitrogen functional groups attached to an aromatic ring is 1. The van der Waals surface area contributed by atoms with Crippen molar-refractivity contribution in [2.24, 2.45) is 0 Å². The quantitative estimate of drug-likeness (QED) is 0.547. The van der Waals surface area contributed by atoms with Gasteiger partial charge < -0.3 is 25.4 Å². The van der Waals surface area contributed by atoms with Gasteiger partial charge in [0.2, 0.25) is 5.95 Å². The molecule has 188 valence electrons. The summed E-state index contributed by atoms with van der Waals surface area (Å²) < 4.78 is 21.4. The maximum atomic E-state index is 13.8. The monoisotopic (exact) mass is 492 g/mol. The third-order valence-electron chi connectivity index (χ3n) is 7.06. The molecule has 1 aromatic carbocycles. The first-order chi connectivity index (χ1) is 17.4. The Kier molecular flexibility index (Phi) is 5.73. The normalized spacial score (nSPS) is 20.2. The highest BCUT2D eigenvalue weighted by Gasteiger charge is 2.32. The minimum atomic E-state index is -0.333. The summed E-state index contributed by atoms with van der Waals surface area (Å²) in [7, 11) is 0. The molecule has 10 nitrogen and oxygen atoms in total. The predicted octanol–water partition coefficient (Wildman–Crippen LogP) is 1.47. The molecule has 11 heteroatoms. The first-order valence-electron chi connectivity index (χ1n) is 12.1. The number of aliphatic hydroxyl groups excluding tert-OH is 1. The van der Waals surface area contributed by atoms with E-state index >= 15 is 0 Å². The zero-order valence-corrected chi connectivity index (χ0v) is 20.1. The second kappa shape index (κ2) is 9.07. The Morgan fingerprint density at radius 2 is 2.00 bits per heavy atom. The number of β-amino-alcohol motifs (C(OH)–C–C–N with tert-alkyl or cyclic N) is 1. The number of piperazine rings is 1. The van der Waals surface area contributed by atoms with Gasteiger partial charge in [-0.3, -0.25) is 4.90 Å². The maximum absolute atomic E-state index is 13.8. The first-order valence-corrected chi connectivity index (χ1v) is 12.1. The molecule has 2 aromatic heterocycles. The summed E-state index contributed by atoms with van der Waals surface area (Å²) in [5.41, 5.74) is 8.74. The zero-order chi connectivity index (χ0) is 24.8. The van der Waals surface area contributed by atoms with Gasteiger partial charge in [0.05, 0.1) is 29.7 Å². The van der Waals surface area contributed by atoms with Crippen molar-refractivity contribution >= 4 is 23.5 Å². The number of hydrogen-bond donors (Lipinski definition) is 2. The molecule has 3 aliphatic heterocycles. The largest absolute Gasteiger partial charge is 0.489 e. The van der Waals surface area contributed by atoms with Crippen LogP contribution >= 0.6 is 0 Å². The fourth-order valence-electron chi connectivity index (χ4n) is 5.07. The van der Waals surface area contributed by atoms with Crippen LogP contribution in [0.4, 0.5) is 21.8 Å². The fraction of sp³-hybridized carbons (Fsp3) is 0.400. The topological polar surface area (TPSA) is 109 Å². The van der Waals surface area contributed by atoms with Crippen LogP contribution in [-0.2, 0) is 0 Å². The van der Waals surface area contributed by atoms with Crippen LogP contribution in [0.2, 0.25) is 0 Å². The van der Waals surface area contributed by atoms with E-state index in [1.54, 1.807) is 16.8 Å². The van der Waals surface area contributed by atoms with Crippen molar-refractivity contribution in [3.63, 3.8) is 0 Å². The lowest BCUT2D eigenvalue weighted by Gasteiger charge is -2.45. The number of aromatic nitrogens is 4. The number of anilines is 3. The number of nitrogens with zero attached hydrogens (tertiary/aromatic N) is 7. The molecule has 0 bridgehead atoms. The molecule has 0 spiro atoms. The minimum absolute atomic E-state index is 0.173. The molecule has 3 N–H and O–H groups in total. The Morgan fingerprint density at radius 3 is 2.83 bits per heavy atom. The molecule has 3 aromatic rings. The molecule has 1 unspecified atom stereocenters. The van der Waals surface area contributed by atoms with Crippen LogP contribution in [0.1, 0.15) is 11.3 Å². The van der Waals surface area contributed by atoms with Crippen LogP contribution in [0.25, 0.3) is 11.9 Å². The Labute approximate surface area is 208 Å². The summed E-state index contributed by atoms with van der Waals surface area (Å²) in [6, 6.07) is 6.77. The Hall–Kier alpha value is -3.70. The third kappa shape index (κ3) is 4.24. The number of hydrogen-bond acceptors (Lipinski definition) is 9. The smallest absolute Gasteiger partial charge is 0.224 e. The standard InChI is InChI=1S/C25H29FN8O2/c1-16-17(11-28-34(16)24-10-23(29-25(27)30-24)32-13-20(35)14-32)3-2-6-31-7-8-33-19(12-31)15-36-22-5-4-18(26)9-21(22)33/h2-5,9-11,19-20,35H,6-8,12-15H2,1H3,(H2,27,29,30). The van der Waals surface area contributed by atoms with E-state index in [2.05, 4.69) is 37.0 Å². The van der Waals surface area contributed by atoms with Gasteiger partial charge in [-0.25, -0.2) is 9.07 Å². The zero-order valence-electron chi connectivity index (χ0n) is 20.1. The number of ether oxygens (including phenoxy) is 1. The van der Waals surface area contributed by atoms with Crippen molar-refractivity contribution in [3.05, 3.63) is 53.6 Å². The van der Waals surface area contributed by atoms with Crippen molar-refractivity contribution in [3.8, 4) is 11.6 Å². The van der Waals surface area contributed by atoms with Gasteiger partial charge in [-0.15, -0.1) is 0 Å². The van der Waals surface area contributed by atoms with E-state index in [9.17, 15) is 9.50 Å². The SMILES string of the molecule is Cc1c(C=CCN2CCN3c4cc(F)ccc4OCC3C2)cnn1-c1cc(N2CC(O)C2)nc(N)n1. The van der Waals surface area contributed by atoms with Crippen molar-refractivity contribution in [2.45, 2.75) is 19.1 Å². The molecule has 36 heavy (non-hydrogen) atoms. The van der Waals surface area contributed by atoms with E-state index in [0.717, 1.165) is 48.9 Å². The first kappa shape index (κ1) is 22.7. The van der Waals surface area contributed by atoms with E-state index < -0.39 is 0 Å². The van der Waals surface area contributed by atoms with Gasteiger partial charge in [0.25, 0.3) is 0 Å². The molecular formula is C25H29FN8O2. The number of rotatable bonds is 5. The van der Waals surface area contributed by atoms with Crippen LogP contribution in [0.3, 0.4) is 0 Å². The van der Waals surface area contributed by atoms with Crippen molar-refractivity contribution in [1.82, 2.24) is 24.6 Å². The summed E-state index contributed by atoms with van der Waals surface area (Å²) in [6.45, 7) is 7.04. The van der Waals surface area contributed by atoms with Gasteiger partial charge in [-0.05, 0) is 19.1 Å². The van der Waals surface area contributed by atoms with Crippen LogP contribution in [0, 0.1) is 12.7 Å². The molecule has 2 fully saturated rings. The van der Waals surface area contributed by atoms with Crippen molar-refractivity contribution in [2.75, 3.05) is 61.4 Å². The van der Waals surface area contributed by atoms with E-state index in [-0.39, 0.29) is 23.9 Å². The highest BCUT2D eigenvalue weighted by molar-refractivity contribution is 5.61. The van der Waals surface area contributed by atoms with E-state index in [1.165, 1.54) is 6.07 Å². The molecule has 6 rings (SSSR count). The average molecular weight is 493 g/mol. The van der Waals surface area contributed by atoms with Crippen LogP contribution < -0.4 is 20.3 Å². The predicted molar refractivity (Wildman–Crippen MR) is 135 cm³/mol. The second-order valence-corrected chi connectivity index (χ2v) is 9.53. The molecule has 0 aliphatic carbocycles. The summed E-state index contributed by atoms with van der Waals surface area (Å²) >= 11 is 0. The highest BCUT2D eigenvalue weighted by Crippen LogP contribution is 2.35. The number of nitrogens with two attached hydrogens (primary N) is 1. The summed E-state index contributed by atoms with van der Waals surface area (Å²) in [4.78, 5) is 15.2.